The lowest BCUT2D eigenvalue weighted by Crippen LogP contribution is -2.45. The summed E-state index contributed by atoms with van der Waals surface area (Å²) in [6, 6.07) is 0. The van der Waals surface area contributed by atoms with Crippen LogP contribution in [-0.4, -0.2) is 38.5 Å². The Hall–Kier alpha value is -0.830. The molecule has 0 aromatic heterocycles. The van der Waals surface area contributed by atoms with Crippen molar-refractivity contribution in [3.63, 3.8) is 0 Å². The quantitative estimate of drug-likeness (QED) is 0.199. The molecule has 0 heterocycles. The monoisotopic (exact) mass is 156 g/mol. The van der Waals surface area contributed by atoms with E-state index in [4.69, 9.17) is 0 Å². The first-order chi connectivity index (χ1) is 5.12. The van der Waals surface area contributed by atoms with Gasteiger partial charge in [0.1, 0.15) is 0 Å². The van der Waals surface area contributed by atoms with Gasteiger partial charge in [0.2, 0.25) is 0 Å². The summed E-state index contributed by atoms with van der Waals surface area (Å²) in [4.78, 5) is 0. The van der Waals surface area contributed by atoms with Crippen LogP contribution in [0.5, 0.6) is 0 Å². The average molecular weight is 156 g/mol. The van der Waals surface area contributed by atoms with Crippen molar-refractivity contribution in [2.45, 2.75) is 6.42 Å². The molecule has 0 aliphatic rings. The molecular weight excluding hydrogens is 138 g/mol. The highest BCUT2D eigenvalue weighted by molar-refractivity contribution is 5.22. The van der Waals surface area contributed by atoms with Crippen molar-refractivity contribution in [1.82, 2.24) is 5.43 Å². The van der Waals surface area contributed by atoms with Gasteiger partial charge in [-0.15, -0.1) is 6.58 Å². The highest BCUT2D eigenvalue weighted by Crippen LogP contribution is 1.96. The third kappa shape index (κ3) is 5.61. The molecule has 3 heteroatoms. The van der Waals surface area contributed by atoms with Crippen molar-refractivity contribution in [2.24, 2.45) is 5.10 Å². The van der Waals surface area contributed by atoms with Gasteiger partial charge in [-0.1, -0.05) is 6.08 Å². The van der Waals surface area contributed by atoms with Gasteiger partial charge in [0, 0.05) is 13.1 Å². The number of hydrogen-bond acceptors (Lipinski definition) is 2. The molecule has 0 aliphatic carbocycles. The molecule has 0 unspecified atom stereocenters. The zero-order valence-corrected chi connectivity index (χ0v) is 7.51. The van der Waals surface area contributed by atoms with Gasteiger partial charge < -0.3 is 4.48 Å². The molecule has 0 saturated heterocycles. The molecule has 0 spiro atoms. The topological polar surface area (TPSA) is 24.4 Å². The second kappa shape index (κ2) is 4.91. The van der Waals surface area contributed by atoms with Crippen LogP contribution in [0.4, 0.5) is 0 Å². The van der Waals surface area contributed by atoms with E-state index in [2.05, 4.69) is 37.9 Å². The average Bonchev–Trinajstić information content (AvgIpc) is 1.97. The van der Waals surface area contributed by atoms with Crippen LogP contribution in [0.25, 0.3) is 0 Å². The Labute approximate surface area is 69.0 Å². The summed E-state index contributed by atoms with van der Waals surface area (Å²) >= 11 is 0. The number of hydrogen-bond donors (Lipinski definition) is 1. The first-order valence-electron chi connectivity index (χ1n) is 3.74. The number of nitrogens with one attached hydrogen (secondary N) is 1. The van der Waals surface area contributed by atoms with E-state index in [-0.39, 0.29) is 0 Å². The molecule has 0 aliphatic heterocycles. The second-order valence-electron chi connectivity index (χ2n) is 3.21. The Morgan fingerprint density at radius 1 is 1.55 bits per heavy atom. The third-order valence-corrected chi connectivity index (χ3v) is 1.55. The van der Waals surface area contributed by atoms with Gasteiger partial charge in [-0.2, -0.15) is 5.10 Å². The van der Waals surface area contributed by atoms with Gasteiger partial charge in [-0.05, 0) is 0 Å². The maximum absolute atomic E-state index is 3.68. The summed E-state index contributed by atoms with van der Waals surface area (Å²) < 4.78 is 0.894. The summed E-state index contributed by atoms with van der Waals surface area (Å²) in [5.41, 5.74) is 2.85. The van der Waals surface area contributed by atoms with Gasteiger partial charge >= 0.3 is 0 Å². The number of hydrazone groups is 1. The Bertz CT molecular complexity index is 115. The van der Waals surface area contributed by atoms with Crippen molar-refractivity contribution >= 4 is 6.72 Å². The Kier molecular flexibility index (Phi) is 4.54. The summed E-state index contributed by atoms with van der Waals surface area (Å²) in [6.07, 6.45) is 2.97. The Morgan fingerprint density at radius 3 is 2.64 bits per heavy atom. The van der Waals surface area contributed by atoms with Crippen molar-refractivity contribution in [1.29, 1.82) is 0 Å². The maximum atomic E-state index is 3.68. The lowest BCUT2D eigenvalue weighted by molar-refractivity contribution is -0.892. The predicted octanol–water partition coefficient (Wildman–Crippen LogP) is 0.802. The minimum absolute atomic E-state index is 0.817. The first kappa shape index (κ1) is 10.2. The molecule has 0 fully saturated rings. The number of rotatable bonds is 6. The van der Waals surface area contributed by atoms with E-state index in [1.807, 2.05) is 6.08 Å². The van der Waals surface area contributed by atoms with Crippen LogP contribution in [0.1, 0.15) is 6.42 Å². The summed E-state index contributed by atoms with van der Waals surface area (Å²) in [7, 11) is 4.28. The Balaban J connectivity index is 3.59. The van der Waals surface area contributed by atoms with E-state index in [9.17, 15) is 0 Å². The summed E-state index contributed by atoms with van der Waals surface area (Å²) in [5, 5.41) is 3.59. The molecule has 1 N–H and O–H groups in total. The molecule has 0 radical (unpaired) electrons. The van der Waals surface area contributed by atoms with Gasteiger partial charge in [0.25, 0.3) is 0 Å². The normalized spacial score (nSPS) is 10.7. The smallest absolute Gasteiger partial charge is 0.166 e. The van der Waals surface area contributed by atoms with Crippen molar-refractivity contribution in [3.8, 4) is 0 Å². The minimum Gasteiger partial charge on any atom is -0.310 e. The van der Waals surface area contributed by atoms with Crippen LogP contribution in [0.15, 0.2) is 17.8 Å². The molecule has 0 aromatic carbocycles. The van der Waals surface area contributed by atoms with Crippen molar-refractivity contribution in [3.05, 3.63) is 12.7 Å². The van der Waals surface area contributed by atoms with Crippen LogP contribution in [-0.2, 0) is 0 Å². The van der Waals surface area contributed by atoms with E-state index in [0.29, 0.717) is 0 Å². The van der Waals surface area contributed by atoms with Crippen molar-refractivity contribution in [2.75, 3.05) is 27.3 Å². The largest absolute Gasteiger partial charge is 0.310 e. The van der Waals surface area contributed by atoms with Crippen LogP contribution >= 0.6 is 0 Å². The molecular formula is C8H18N3+. The fourth-order valence-electron chi connectivity index (χ4n) is 0.761. The Morgan fingerprint density at radius 2 is 2.18 bits per heavy atom. The van der Waals surface area contributed by atoms with Crippen LogP contribution < -0.4 is 5.43 Å². The molecule has 0 aromatic rings. The fraction of sp³-hybridized carbons (Fsp3) is 0.625. The summed E-state index contributed by atoms with van der Waals surface area (Å²) in [5.74, 6) is 0. The van der Waals surface area contributed by atoms with Gasteiger partial charge in [-0.25, -0.2) is 0 Å². The molecule has 3 nitrogen and oxygen atoms in total. The SMILES string of the molecule is C=CCC[N+](C)(C)CNN=C. The van der Waals surface area contributed by atoms with Gasteiger partial charge in [0.15, 0.2) is 6.67 Å². The van der Waals surface area contributed by atoms with E-state index in [0.717, 1.165) is 24.1 Å². The van der Waals surface area contributed by atoms with E-state index in [1.165, 1.54) is 0 Å². The molecule has 11 heavy (non-hydrogen) atoms. The van der Waals surface area contributed by atoms with E-state index >= 15 is 0 Å². The molecule has 64 valence electrons. The van der Waals surface area contributed by atoms with Gasteiger partial charge in [0.05, 0.1) is 20.6 Å². The predicted molar refractivity (Wildman–Crippen MR) is 49.3 cm³/mol. The number of nitrogens with zero attached hydrogens (tertiary/aromatic N) is 2. The number of quaternary nitrogens is 1. The lowest BCUT2D eigenvalue weighted by Gasteiger charge is -2.28. The standard InChI is InChI=1S/C8H18N3/c1-5-6-7-11(3,4)8-10-9-2/h5,10H,1-2,6-8H2,3-4H3/q+1. The maximum Gasteiger partial charge on any atom is 0.166 e. The van der Waals surface area contributed by atoms with E-state index in [1.54, 1.807) is 0 Å². The highest BCUT2D eigenvalue weighted by atomic mass is 15.4. The second-order valence-corrected chi connectivity index (χ2v) is 3.21. The van der Waals surface area contributed by atoms with Crippen molar-refractivity contribution < 1.29 is 4.48 Å². The molecule has 0 rings (SSSR count). The highest BCUT2D eigenvalue weighted by Gasteiger charge is 2.11. The third-order valence-electron chi connectivity index (χ3n) is 1.55. The molecule has 0 amide bonds. The zero-order chi connectivity index (χ0) is 8.74. The van der Waals surface area contributed by atoms with E-state index < -0.39 is 0 Å². The van der Waals surface area contributed by atoms with Crippen LogP contribution in [0.3, 0.4) is 0 Å². The summed E-state index contributed by atoms with van der Waals surface area (Å²) in [6.45, 7) is 8.92. The first-order valence-corrected chi connectivity index (χ1v) is 3.74. The minimum atomic E-state index is 0.817. The van der Waals surface area contributed by atoms with Crippen LogP contribution in [0.2, 0.25) is 0 Å². The zero-order valence-electron chi connectivity index (χ0n) is 7.51. The fourth-order valence-corrected chi connectivity index (χ4v) is 0.761. The van der Waals surface area contributed by atoms with Crippen LogP contribution in [0, 0.1) is 0 Å². The lowest BCUT2D eigenvalue weighted by atomic mass is 10.4. The molecule has 0 bridgehead atoms. The molecule has 0 atom stereocenters. The molecule has 0 saturated carbocycles. The van der Waals surface area contributed by atoms with Gasteiger partial charge in [-0.3, -0.25) is 5.43 Å².